The van der Waals surface area contributed by atoms with Gasteiger partial charge in [-0.1, -0.05) is 43.9 Å². The molecule has 0 spiro atoms. The maximum atomic E-state index is 13.4. The highest BCUT2D eigenvalue weighted by atomic mass is 28.3. The summed E-state index contributed by atoms with van der Waals surface area (Å²) in [7, 11) is -1.20. The van der Waals surface area contributed by atoms with E-state index in [1.807, 2.05) is 41.3 Å². The number of oxazole rings is 1. The van der Waals surface area contributed by atoms with Gasteiger partial charge in [-0.25, -0.2) is 9.36 Å². The first-order valence-corrected chi connectivity index (χ1v) is 16.7. The van der Waals surface area contributed by atoms with Gasteiger partial charge in [0.25, 0.3) is 5.91 Å². The van der Waals surface area contributed by atoms with Gasteiger partial charge in [0.15, 0.2) is 5.58 Å². The van der Waals surface area contributed by atoms with Crippen LogP contribution in [0, 0.1) is 5.92 Å². The van der Waals surface area contributed by atoms with E-state index in [0.29, 0.717) is 30.2 Å². The average molecular weight is 509 g/mol. The number of carbonyl (C=O) groups excluding carboxylic acids is 1. The van der Waals surface area contributed by atoms with Crippen molar-refractivity contribution in [2.75, 3.05) is 19.8 Å². The van der Waals surface area contributed by atoms with Gasteiger partial charge in [-0.15, -0.1) is 0 Å². The molecule has 192 valence electrons. The van der Waals surface area contributed by atoms with Gasteiger partial charge in [-0.2, -0.15) is 0 Å². The van der Waals surface area contributed by atoms with Gasteiger partial charge in [-0.05, 0) is 60.6 Å². The Morgan fingerprint density at radius 3 is 2.61 bits per heavy atom. The van der Waals surface area contributed by atoms with Crippen LogP contribution in [-0.4, -0.2) is 43.3 Å². The first kappa shape index (κ1) is 25.0. The molecule has 5 rings (SSSR count). The first-order valence-electron chi connectivity index (χ1n) is 13.0. The molecule has 36 heavy (non-hydrogen) atoms. The Hall–Kier alpha value is -2.68. The van der Waals surface area contributed by atoms with E-state index in [9.17, 15) is 9.59 Å². The Bertz CT molecular complexity index is 1290. The summed E-state index contributed by atoms with van der Waals surface area (Å²) >= 11 is 0. The Balaban J connectivity index is 1.34. The van der Waals surface area contributed by atoms with E-state index in [-0.39, 0.29) is 18.7 Å². The molecule has 1 unspecified atom stereocenters. The highest BCUT2D eigenvalue weighted by Gasteiger charge is 2.37. The Morgan fingerprint density at radius 2 is 1.83 bits per heavy atom. The molecule has 1 aromatic heterocycles. The van der Waals surface area contributed by atoms with Crippen molar-refractivity contribution < 1.29 is 18.7 Å². The third kappa shape index (κ3) is 5.35. The van der Waals surface area contributed by atoms with Crippen LogP contribution >= 0.6 is 0 Å². The van der Waals surface area contributed by atoms with Crippen LogP contribution in [0.1, 0.15) is 46.8 Å². The molecule has 3 aromatic rings. The minimum Gasteiger partial charge on any atom is -0.408 e. The van der Waals surface area contributed by atoms with Crippen LogP contribution in [0.5, 0.6) is 0 Å². The fourth-order valence-electron chi connectivity index (χ4n) is 5.24. The monoisotopic (exact) mass is 508 g/mol. The van der Waals surface area contributed by atoms with Crippen molar-refractivity contribution in [2.45, 2.75) is 64.3 Å². The summed E-state index contributed by atoms with van der Waals surface area (Å²) in [5.41, 5.74) is 4.09. The van der Waals surface area contributed by atoms with Crippen LogP contribution in [0.25, 0.3) is 11.1 Å². The third-order valence-electron chi connectivity index (χ3n) is 7.39. The van der Waals surface area contributed by atoms with Crippen LogP contribution in [0.2, 0.25) is 25.7 Å². The number of ether oxygens (including phenoxy) is 2. The third-order valence-corrected chi connectivity index (χ3v) is 9.09. The number of aromatic nitrogens is 1. The summed E-state index contributed by atoms with van der Waals surface area (Å²) in [5, 5.41) is 0. The van der Waals surface area contributed by atoms with Crippen molar-refractivity contribution in [2.24, 2.45) is 5.92 Å². The molecule has 8 heteroatoms. The maximum absolute atomic E-state index is 13.4. The predicted octanol–water partition coefficient (Wildman–Crippen LogP) is 5.42. The molecule has 7 nitrogen and oxygen atoms in total. The lowest BCUT2D eigenvalue weighted by atomic mass is 9.89. The van der Waals surface area contributed by atoms with E-state index >= 15 is 0 Å². The van der Waals surface area contributed by atoms with Crippen molar-refractivity contribution >= 4 is 25.1 Å². The molecule has 2 aliphatic heterocycles. The van der Waals surface area contributed by atoms with Crippen molar-refractivity contribution in [3.63, 3.8) is 0 Å². The lowest BCUT2D eigenvalue weighted by molar-refractivity contribution is 0.0475. The summed E-state index contributed by atoms with van der Waals surface area (Å²) in [4.78, 5) is 27.9. The van der Waals surface area contributed by atoms with Crippen LogP contribution in [-0.2, 0) is 22.7 Å². The Labute approximate surface area is 213 Å². The number of carbonyl (C=O) groups is 1. The molecule has 2 aliphatic rings. The Kier molecular flexibility index (Phi) is 7.19. The summed E-state index contributed by atoms with van der Waals surface area (Å²) in [6.45, 7) is 9.78. The summed E-state index contributed by atoms with van der Waals surface area (Å²) in [6, 6.07) is 14.8. The fraction of sp³-hybridized carbons (Fsp3) is 0.500. The smallest absolute Gasteiger partial charge is 0.408 e. The molecule has 3 heterocycles. The van der Waals surface area contributed by atoms with Crippen LogP contribution in [0.3, 0.4) is 0 Å². The molecule has 1 atom stereocenters. The minimum absolute atomic E-state index is 0.0453. The molecule has 2 aromatic carbocycles. The lowest BCUT2D eigenvalue weighted by Gasteiger charge is -2.31. The zero-order valence-electron chi connectivity index (χ0n) is 21.5. The summed E-state index contributed by atoms with van der Waals surface area (Å²) in [6.07, 6.45) is 3.01. The highest BCUT2D eigenvalue weighted by Crippen LogP contribution is 2.40. The molecule has 1 saturated heterocycles. The largest absolute Gasteiger partial charge is 0.421 e. The van der Waals surface area contributed by atoms with Crippen molar-refractivity contribution in [1.82, 2.24) is 9.47 Å². The van der Waals surface area contributed by atoms with E-state index < -0.39 is 13.8 Å². The minimum atomic E-state index is -1.20. The van der Waals surface area contributed by atoms with E-state index in [0.717, 1.165) is 55.2 Å². The molecule has 1 amide bonds. The maximum Gasteiger partial charge on any atom is 0.421 e. The van der Waals surface area contributed by atoms with Gasteiger partial charge >= 0.3 is 5.76 Å². The molecule has 0 bridgehead atoms. The van der Waals surface area contributed by atoms with Gasteiger partial charge in [0.2, 0.25) is 0 Å². The number of fused-ring (bicyclic) bond motifs is 2. The average Bonchev–Trinajstić information content (AvgIpc) is 3.30. The van der Waals surface area contributed by atoms with Gasteiger partial charge in [-0.3, -0.25) is 4.79 Å². The standard InChI is InChI=1S/C28H36N2O5Si/c1-36(2,3)15-14-34-19-30-24-9-8-21(17-26(24)35-28(30)32)18-29-25(16-20-10-12-33-13-11-20)22-6-4-5-7-23(22)27(29)31/h4-9,17,20,25H,10-16,18-19H2,1-3H3. The number of rotatable bonds is 9. The lowest BCUT2D eigenvalue weighted by Crippen LogP contribution is -2.30. The first-order chi connectivity index (χ1) is 17.3. The molecule has 0 saturated carbocycles. The van der Waals surface area contributed by atoms with Gasteiger partial charge in [0, 0.05) is 40.0 Å². The second-order valence-corrected chi connectivity index (χ2v) is 16.9. The van der Waals surface area contributed by atoms with E-state index in [4.69, 9.17) is 13.9 Å². The quantitative estimate of drug-likeness (QED) is 0.285. The number of hydrogen-bond acceptors (Lipinski definition) is 5. The number of amides is 1. The second kappa shape index (κ2) is 10.4. The topological polar surface area (TPSA) is 73.9 Å². The molecule has 0 radical (unpaired) electrons. The number of benzene rings is 2. The SMILES string of the molecule is C[Si](C)(C)CCOCn1c(=O)oc2cc(CN3C(=O)c4ccccc4C3CC3CCOCC3)ccc21. The zero-order valence-corrected chi connectivity index (χ0v) is 22.5. The van der Waals surface area contributed by atoms with Crippen LogP contribution in [0.15, 0.2) is 51.7 Å². The van der Waals surface area contributed by atoms with E-state index in [1.54, 1.807) is 0 Å². The van der Waals surface area contributed by atoms with Gasteiger partial charge in [0.05, 0.1) is 11.6 Å². The van der Waals surface area contributed by atoms with Gasteiger partial charge in [0.1, 0.15) is 6.73 Å². The molecular weight excluding hydrogens is 472 g/mol. The van der Waals surface area contributed by atoms with Crippen LogP contribution in [0.4, 0.5) is 0 Å². The molecular formula is C28H36N2O5Si. The number of hydrogen-bond donors (Lipinski definition) is 0. The van der Waals surface area contributed by atoms with E-state index in [2.05, 4.69) is 25.7 Å². The van der Waals surface area contributed by atoms with Crippen LogP contribution < -0.4 is 5.76 Å². The second-order valence-electron chi connectivity index (χ2n) is 11.3. The fourth-order valence-corrected chi connectivity index (χ4v) is 6.00. The highest BCUT2D eigenvalue weighted by molar-refractivity contribution is 6.76. The summed E-state index contributed by atoms with van der Waals surface area (Å²) in [5.74, 6) is 0.190. The summed E-state index contributed by atoms with van der Waals surface area (Å²) < 4.78 is 18.4. The van der Waals surface area contributed by atoms with Crippen molar-refractivity contribution in [3.8, 4) is 0 Å². The number of nitrogens with zero attached hydrogens (tertiary/aromatic N) is 2. The van der Waals surface area contributed by atoms with Crippen molar-refractivity contribution in [1.29, 1.82) is 0 Å². The molecule has 0 N–H and O–H groups in total. The van der Waals surface area contributed by atoms with Crippen molar-refractivity contribution in [3.05, 3.63) is 69.7 Å². The normalized spacial score (nSPS) is 18.8. The molecule has 0 aliphatic carbocycles. The van der Waals surface area contributed by atoms with E-state index in [1.165, 1.54) is 4.57 Å². The Morgan fingerprint density at radius 1 is 1.06 bits per heavy atom. The van der Waals surface area contributed by atoms with Gasteiger partial charge < -0.3 is 18.8 Å². The zero-order chi connectivity index (χ0) is 25.3. The predicted molar refractivity (Wildman–Crippen MR) is 142 cm³/mol. The molecule has 1 fully saturated rings.